The van der Waals surface area contributed by atoms with E-state index in [0.717, 1.165) is 29.5 Å². The number of rotatable bonds is 4. The number of guanidine groups is 1. The Kier molecular flexibility index (Phi) is 5.38. The van der Waals surface area contributed by atoms with Crippen LogP contribution in [0.1, 0.15) is 19.8 Å². The van der Waals surface area contributed by atoms with Gasteiger partial charge in [0.15, 0.2) is 0 Å². The maximum absolute atomic E-state index is 5.49. The SMILES string of the molecule is CCCCN=C(NN)Nc1ccc2cc(Br)ccc2c1. The highest BCUT2D eigenvalue weighted by molar-refractivity contribution is 9.10. The number of anilines is 1. The summed E-state index contributed by atoms with van der Waals surface area (Å²) in [6.07, 6.45) is 2.17. The Morgan fingerprint density at radius 1 is 1.20 bits per heavy atom. The third kappa shape index (κ3) is 3.95. The summed E-state index contributed by atoms with van der Waals surface area (Å²) in [5.74, 6) is 6.08. The zero-order valence-electron chi connectivity index (χ0n) is 11.5. The zero-order chi connectivity index (χ0) is 14.4. The number of halogens is 1. The molecule has 0 saturated carbocycles. The lowest BCUT2D eigenvalue weighted by Gasteiger charge is -2.10. The van der Waals surface area contributed by atoms with E-state index < -0.39 is 0 Å². The predicted octanol–water partition coefficient (Wildman–Crippen LogP) is 3.63. The minimum Gasteiger partial charge on any atom is -0.325 e. The van der Waals surface area contributed by atoms with E-state index >= 15 is 0 Å². The number of hydrogen-bond acceptors (Lipinski definition) is 2. The monoisotopic (exact) mass is 334 g/mol. The van der Waals surface area contributed by atoms with Crippen LogP contribution in [0.15, 0.2) is 45.9 Å². The first-order chi connectivity index (χ1) is 9.72. The fourth-order valence-corrected chi connectivity index (χ4v) is 2.28. The van der Waals surface area contributed by atoms with Gasteiger partial charge in [0.05, 0.1) is 0 Å². The molecule has 0 unspecified atom stereocenters. The van der Waals surface area contributed by atoms with Crippen molar-refractivity contribution in [3.8, 4) is 0 Å². The number of nitrogens with one attached hydrogen (secondary N) is 2. The molecule has 2 aromatic rings. The van der Waals surface area contributed by atoms with E-state index in [4.69, 9.17) is 5.84 Å². The maximum Gasteiger partial charge on any atom is 0.210 e. The molecule has 0 spiro atoms. The minimum atomic E-state index is 0.593. The number of hydrogen-bond donors (Lipinski definition) is 3. The van der Waals surface area contributed by atoms with Crippen LogP contribution in [0.25, 0.3) is 10.8 Å². The van der Waals surface area contributed by atoms with Crippen LogP contribution >= 0.6 is 15.9 Å². The lowest BCUT2D eigenvalue weighted by atomic mass is 10.1. The smallest absolute Gasteiger partial charge is 0.210 e. The average Bonchev–Trinajstić information content (AvgIpc) is 2.46. The van der Waals surface area contributed by atoms with Crippen molar-refractivity contribution < 1.29 is 0 Å². The molecule has 0 aliphatic carbocycles. The quantitative estimate of drug-likeness (QED) is 0.263. The summed E-state index contributed by atoms with van der Waals surface area (Å²) in [7, 11) is 0. The normalized spacial score (nSPS) is 11.7. The molecule has 5 heteroatoms. The number of benzene rings is 2. The van der Waals surface area contributed by atoms with Crippen LogP contribution in [0.4, 0.5) is 5.69 Å². The topological polar surface area (TPSA) is 62.4 Å². The van der Waals surface area contributed by atoms with E-state index in [0.29, 0.717) is 5.96 Å². The first-order valence-electron chi connectivity index (χ1n) is 6.70. The van der Waals surface area contributed by atoms with E-state index in [9.17, 15) is 0 Å². The van der Waals surface area contributed by atoms with Gasteiger partial charge in [-0.2, -0.15) is 0 Å². The summed E-state index contributed by atoms with van der Waals surface area (Å²) < 4.78 is 1.08. The van der Waals surface area contributed by atoms with Crippen molar-refractivity contribution in [3.05, 3.63) is 40.9 Å². The standard InChI is InChI=1S/C15H19BrN4/c1-2-3-8-18-15(20-17)19-14-7-5-11-9-13(16)6-4-12(11)10-14/h4-7,9-10H,2-3,8,17H2,1H3,(H2,18,19,20). The molecular formula is C15H19BrN4. The molecule has 0 saturated heterocycles. The number of nitrogens with zero attached hydrogens (tertiary/aromatic N) is 1. The fourth-order valence-electron chi connectivity index (χ4n) is 1.90. The van der Waals surface area contributed by atoms with Gasteiger partial charge < -0.3 is 5.32 Å². The van der Waals surface area contributed by atoms with Crippen molar-refractivity contribution in [2.45, 2.75) is 19.8 Å². The van der Waals surface area contributed by atoms with Gasteiger partial charge in [-0.3, -0.25) is 10.4 Å². The highest BCUT2D eigenvalue weighted by atomic mass is 79.9. The molecule has 2 rings (SSSR count). The van der Waals surface area contributed by atoms with Gasteiger partial charge in [0, 0.05) is 16.7 Å². The van der Waals surface area contributed by atoms with Gasteiger partial charge in [-0.1, -0.05) is 41.4 Å². The molecule has 0 aliphatic heterocycles. The summed E-state index contributed by atoms with van der Waals surface area (Å²) >= 11 is 3.48. The number of unbranched alkanes of at least 4 members (excludes halogenated alkanes) is 1. The van der Waals surface area contributed by atoms with Crippen LogP contribution in [0.5, 0.6) is 0 Å². The third-order valence-corrected chi connectivity index (χ3v) is 3.48. The van der Waals surface area contributed by atoms with Crippen LogP contribution < -0.4 is 16.6 Å². The fraction of sp³-hybridized carbons (Fsp3) is 0.267. The van der Waals surface area contributed by atoms with E-state index in [2.05, 4.69) is 62.9 Å². The summed E-state index contributed by atoms with van der Waals surface area (Å²) in [4.78, 5) is 4.38. The number of fused-ring (bicyclic) bond motifs is 1. The maximum atomic E-state index is 5.49. The van der Waals surface area contributed by atoms with Gasteiger partial charge in [-0.05, 0) is 41.5 Å². The predicted molar refractivity (Wildman–Crippen MR) is 89.8 cm³/mol. The molecule has 20 heavy (non-hydrogen) atoms. The molecule has 0 amide bonds. The van der Waals surface area contributed by atoms with E-state index in [1.807, 2.05) is 12.1 Å². The molecule has 0 heterocycles. The first kappa shape index (κ1) is 14.8. The van der Waals surface area contributed by atoms with Gasteiger partial charge in [0.2, 0.25) is 5.96 Å². The van der Waals surface area contributed by atoms with Crippen LogP contribution in [0.2, 0.25) is 0 Å². The lowest BCUT2D eigenvalue weighted by Crippen LogP contribution is -2.36. The average molecular weight is 335 g/mol. The van der Waals surface area contributed by atoms with E-state index in [-0.39, 0.29) is 0 Å². The van der Waals surface area contributed by atoms with Crippen LogP contribution in [-0.2, 0) is 0 Å². The second-order valence-corrected chi connectivity index (χ2v) is 5.48. The van der Waals surface area contributed by atoms with Gasteiger partial charge >= 0.3 is 0 Å². The van der Waals surface area contributed by atoms with Gasteiger partial charge in [0.1, 0.15) is 0 Å². The Labute approximate surface area is 127 Å². The Hall–Kier alpha value is -1.59. The first-order valence-corrected chi connectivity index (χ1v) is 7.49. The molecule has 4 N–H and O–H groups in total. The highest BCUT2D eigenvalue weighted by Crippen LogP contribution is 2.22. The van der Waals surface area contributed by atoms with Gasteiger partial charge in [-0.15, -0.1) is 0 Å². The number of hydrazine groups is 1. The second-order valence-electron chi connectivity index (χ2n) is 4.56. The van der Waals surface area contributed by atoms with E-state index in [1.165, 1.54) is 10.8 Å². The highest BCUT2D eigenvalue weighted by Gasteiger charge is 2.00. The van der Waals surface area contributed by atoms with Crippen molar-refractivity contribution in [2.75, 3.05) is 11.9 Å². The van der Waals surface area contributed by atoms with Crippen LogP contribution in [-0.4, -0.2) is 12.5 Å². The van der Waals surface area contributed by atoms with E-state index in [1.54, 1.807) is 0 Å². The Morgan fingerprint density at radius 2 is 1.95 bits per heavy atom. The third-order valence-electron chi connectivity index (χ3n) is 2.98. The summed E-state index contributed by atoms with van der Waals surface area (Å²) in [6, 6.07) is 12.4. The molecule has 0 aliphatic rings. The summed E-state index contributed by atoms with van der Waals surface area (Å²) in [5, 5.41) is 5.56. The Bertz CT molecular complexity index is 610. The van der Waals surface area contributed by atoms with Crippen molar-refractivity contribution in [1.29, 1.82) is 0 Å². The number of aliphatic imine (C=N–C) groups is 1. The molecule has 0 atom stereocenters. The molecule has 0 bridgehead atoms. The molecule has 2 aromatic carbocycles. The molecule has 0 radical (unpaired) electrons. The number of nitrogens with two attached hydrogens (primary N) is 1. The Balaban J connectivity index is 2.16. The van der Waals surface area contributed by atoms with Crippen molar-refractivity contribution >= 4 is 38.3 Å². The molecular weight excluding hydrogens is 316 g/mol. The molecule has 106 valence electrons. The minimum absolute atomic E-state index is 0.593. The van der Waals surface area contributed by atoms with Crippen molar-refractivity contribution in [1.82, 2.24) is 5.43 Å². The molecule has 0 aromatic heterocycles. The van der Waals surface area contributed by atoms with Gasteiger partial charge in [0.25, 0.3) is 0 Å². The second kappa shape index (κ2) is 7.26. The largest absolute Gasteiger partial charge is 0.325 e. The van der Waals surface area contributed by atoms with Crippen LogP contribution in [0, 0.1) is 0 Å². The lowest BCUT2D eigenvalue weighted by molar-refractivity contribution is 0.801. The van der Waals surface area contributed by atoms with Crippen molar-refractivity contribution in [3.63, 3.8) is 0 Å². The zero-order valence-corrected chi connectivity index (χ0v) is 13.1. The Morgan fingerprint density at radius 3 is 2.70 bits per heavy atom. The van der Waals surface area contributed by atoms with Gasteiger partial charge in [-0.25, -0.2) is 5.84 Å². The van der Waals surface area contributed by atoms with Crippen LogP contribution in [0.3, 0.4) is 0 Å². The van der Waals surface area contributed by atoms with Crippen molar-refractivity contribution in [2.24, 2.45) is 10.8 Å². The summed E-state index contributed by atoms with van der Waals surface area (Å²) in [6.45, 7) is 2.91. The molecule has 0 fully saturated rings. The summed E-state index contributed by atoms with van der Waals surface area (Å²) in [5.41, 5.74) is 3.56. The molecule has 4 nitrogen and oxygen atoms in total.